The van der Waals surface area contributed by atoms with Crippen molar-refractivity contribution in [3.8, 4) is 17.2 Å². The van der Waals surface area contributed by atoms with E-state index in [0.717, 1.165) is 24.3 Å². The average molecular weight is 342 g/mol. The largest absolute Gasteiger partial charge is 0.486 e. The highest BCUT2D eigenvalue weighted by Gasteiger charge is 2.31. The lowest BCUT2D eigenvalue weighted by Crippen LogP contribution is -2.36. The van der Waals surface area contributed by atoms with Crippen molar-refractivity contribution in [3.05, 3.63) is 42.2 Å². The Morgan fingerprint density at radius 3 is 2.80 bits per heavy atom. The van der Waals surface area contributed by atoms with E-state index in [-0.39, 0.29) is 5.91 Å². The number of carbonyl (C=O) groups is 1. The predicted octanol–water partition coefficient (Wildman–Crippen LogP) is 2.09. The zero-order valence-electron chi connectivity index (χ0n) is 14.2. The molecule has 132 valence electrons. The minimum atomic E-state index is -0.438. The molecule has 6 heteroatoms. The van der Waals surface area contributed by atoms with Crippen molar-refractivity contribution in [3.63, 3.8) is 0 Å². The molecule has 1 amide bonds. The molecule has 1 fully saturated rings. The second-order valence-electron chi connectivity index (χ2n) is 6.68. The van der Waals surface area contributed by atoms with Gasteiger partial charge in [-0.15, -0.1) is 0 Å². The third-order valence-electron chi connectivity index (χ3n) is 4.75. The van der Waals surface area contributed by atoms with Crippen molar-refractivity contribution >= 4 is 5.91 Å². The molecule has 0 saturated heterocycles. The summed E-state index contributed by atoms with van der Waals surface area (Å²) in [5.41, 5.74) is 1.40. The molecule has 0 bridgehead atoms. The van der Waals surface area contributed by atoms with Gasteiger partial charge in [0.2, 0.25) is 0 Å². The van der Waals surface area contributed by atoms with Gasteiger partial charge in [0.05, 0.1) is 6.10 Å². The Balaban J connectivity index is 1.56. The van der Waals surface area contributed by atoms with Gasteiger partial charge in [0, 0.05) is 31.5 Å². The first-order valence-electron chi connectivity index (χ1n) is 8.64. The standard InChI is InChI=1S/C19H22N2O4/c1-20(12-16(22)13-4-5-13)19(23)15-3-2-8-21(15)14-6-7-17-18(11-14)25-10-9-24-17/h2-3,6-8,11,13,16,22H,4-5,9-10,12H2,1H3/t16-/m0/s1. The predicted molar refractivity (Wildman–Crippen MR) is 92.5 cm³/mol. The van der Waals surface area contributed by atoms with E-state index >= 15 is 0 Å². The molecule has 0 radical (unpaired) electrons. The Bertz CT molecular complexity index is 781. The van der Waals surface area contributed by atoms with Crippen molar-refractivity contribution < 1.29 is 19.4 Å². The molecule has 2 aromatic rings. The Kier molecular flexibility index (Phi) is 4.13. The van der Waals surface area contributed by atoms with E-state index in [1.807, 2.05) is 35.0 Å². The maximum atomic E-state index is 12.8. The van der Waals surface area contributed by atoms with Crippen LogP contribution < -0.4 is 9.47 Å². The fraction of sp³-hybridized carbons (Fsp3) is 0.421. The number of fused-ring (bicyclic) bond motifs is 1. The fourth-order valence-corrected chi connectivity index (χ4v) is 3.15. The van der Waals surface area contributed by atoms with Gasteiger partial charge in [-0.2, -0.15) is 0 Å². The second kappa shape index (κ2) is 6.44. The fourth-order valence-electron chi connectivity index (χ4n) is 3.15. The van der Waals surface area contributed by atoms with Crippen molar-refractivity contribution in [2.24, 2.45) is 5.92 Å². The van der Waals surface area contributed by atoms with Gasteiger partial charge in [-0.05, 0) is 43.0 Å². The highest BCUT2D eigenvalue weighted by molar-refractivity contribution is 5.93. The van der Waals surface area contributed by atoms with E-state index in [1.165, 1.54) is 0 Å². The smallest absolute Gasteiger partial charge is 0.270 e. The quantitative estimate of drug-likeness (QED) is 0.904. The SMILES string of the molecule is CN(C[C@H](O)C1CC1)C(=O)c1cccn1-c1ccc2c(c1)OCCO2. The van der Waals surface area contributed by atoms with Crippen LogP contribution in [-0.2, 0) is 0 Å². The third kappa shape index (κ3) is 3.22. The van der Waals surface area contributed by atoms with E-state index in [0.29, 0.717) is 37.1 Å². The number of aromatic nitrogens is 1. The van der Waals surface area contributed by atoms with E-state index in [1.54, 1.807) is 18.0 Å². The molecule has 6 nitrogen and oxygen atoms in total. The average Bonchev–Trinajstić information content (AvgIpc) is 3.37. The molecule has 1 atom stereocenters. The highest BCUT2D eigenvalue weighted by Crippen LogP contribution is 2.34. The molecule has 4 rings (SSSR count). The molecule has 1 aromatic carbocycles. The van der Waals surface area contributed by atoms with E-state index < -0.39 is 6.10 Å². The summed E-state index contributed by atoms with van der Waals surface area (Å²) in [6.07, 6.45) is 3.52. The number of benzene rings is 1. The van der Waals surface area contributed by atoms with Gasteiger partial charge >= 0.3 is 0 Å². The molecule has 1 aromatic heterocycles. The summed E-state index contributed by atoms with van der Waals surface area (Å²) >= 11 is 0. The molecule has 1 aliphatic carbocycles. The lowest BCUT2D eigenvalue weighted by molar-refractivity contribution is 0.0638. The summed E-state index contributed by atoms with van der Waals surface area (Å²) in [5, 5.41) is 10.1. The minimum Gasteiger partial charge on any atom is -0.486 e. The molecular formula is C19H22N2O4. The molecule has 0 spiro atoms. The zero-order valence-corrected chi connectivity index (χ0v) is 14.2. The normalized spacial score (nSPS) is 17.2. The van der Waals surface area contributed by atoms with Crippen LogP contribution in [0.3, 0.4) is 0 Å². The van der Waals surface area contributed by atoms with Crippen LogP contribution in [0.1, 0.15) is 23.3 Å². The number of nitrogens with zero attached hydrogens (tertiary/aromatic N) is 2. The number of aliphatic hydroxyl groups is 1. The monoisotopic (exact) mass is 342 g/mol. The topological polar surface area (TPSA) is 63.9 Å². The van der Waals surface area contributed by atoms with Crippen LogP contribution in [0.15, 0.2) is 36.5 Å². The van der Waals surface area contributed by atoms with E-state index in [9.17, 15) is 9.90 Å². The second-order valence-corrected chi connectivity index (χ2v) is 6.68. The maximum absolute atomic E-state index is 12.8. The van der Waals surface area contributed by atoms with Crippen LogP contribution in [0.2, 0.25) is 0 Å². The van der Waals surface area contributed by atoms with Crippen molar-refractivity contribution in [1.29, 1.82) is 0 Å². The first-order chi connectivity index (χ1) is 12.1. The number of ether oxygens (including phenoxy) is 2. The Labute approximate surface area is 146 Å². The van der Waals surface area contributed by atoms with Crippen LogP contribution in [0.25, 0.3) is 5.69 Å². The summed E-state index contributed by atoms with van der Waals surface area (Å²) in [7, 11) is 1.73. The van der Waals surface area contributed by atoms with Gasteiger partial charge < -0.3 is 24.0 Å². The molecule has 2 aliphatic rings. The summed E-state index contributed by atoms with van der Waals surface area (Å²) in [5.74, 6) is 1.65. The van der Waals surface area contributed by atoms with Crippen LogP contribution in [-0.4, -0.2) is 53.4 Å². The minimum absolute atomic E-state index is 0.111. The highest BCUT2D eigenvalue weighted by atomic mass is 16.6. The van der Waals surface area contributed by atoms with Gasteiger partial charge in [0.1, 0.15) is 18.9 Å². The van der Waals surface area contributed by atoms with Crippen LogP contribution in [0.4, 0.5) is 0 Å². The maximum Gasteiger partial charge on any atom is 0.270 e. The lowest BCUT2D eigenvalue weighted by atomic mass is 10.2. The van der Waals surface area contributed by atoms with Crippen molar-refractivity contribution in [2.75, 3.05) is 26.8 Å². The Morgan fingerprint density at radius 2 is 2.04 bits per heavy atom. The van der Waals surface area contributed by atoms with Gasteiger partial charge in [-0.25, -0.2) is 0 Å². The number of carbonyl (C=O) groups excluding carboxylic acids is 1. The summed E-state index contributed by atoms with van der Waals surface area (Å²) < 4.78 is 13.0. The van der Waals surface area contributed by atoms with Crippen LogP contribution in [0.5, 0.6) is 11.5 Å². The third-order valence-corrected chi connectivity index (χ3v) is 4.75. The van der Waals surface area contributed by atoms with Gasteiger partial charge in [-0.3, -0.25) is 4.79 Å². The summed E-state index contributed by atoms with van der Waals surface area (Å²) in [6.45, 7) is 1.43. The van der Waals surface area contributed by atoms with Gasteiger partial charge in [-0.1, -0.05) is 0 Å². The molecule has 1 saturated carbocycles. The lowest BCUT2D eigenvalue weighted by Gasteiger charge is -2.22. The first kappa shape index (κ1) is 16.0. The van der Waals surface area contributed by atoms with E-state index in [4.69, 9.17) is 9.47 Å². The molecule has 0 unspecified atom stereocenters. The Hall–Kier alpha value is -2.47. The molecule has 25 heavy (non-hydrogen) atoms. The number of hydrogen-bond acceptors (Lipinski definition) is 4. The van der Waals surface area contributed by atoms with Crippen LogP contribution >= 0.6 is 0 Å². The zero-order chi connectivity index (χ0) is 17.4. The number of likely N-dealkylation sites (N-methyl/N-ethyl adjacent to an activating group) is 1. The number of amides is 1. The summed E-state index contributed by atoms with van der Waals surface area (Å²) in [4.78, 5) is 14.4. The first-order valence-corrected chi connectivity index (χ1v) is 8.64. The van der Waals surface area contributed by atoms with Gasteiger partial charge in [0.15, 0.2) is 11.5 Å². The molecule has 1 aliphatic heterocycles. The number of aliphatic hydroxyl groups excluding tert-OH is 1. The van der Waals surface area contributed by atoms with Crippen molar-refractivity contribution in [1.82, 2.24) is 9.47 Å². The number of rotatable bonds is 5. The number of hydrogen-bond donors (Lipinski definition) is 1. The van der Waals surface area contributed by atoms with Crippen LogP contribution in [0, 0.1) is 5.92 Å². The van der Waals surface area contributed by atoms with Gasteiger partial charge in [0.25, 0.3) is 5.91 Å². The van der Waals surface area contributed by atoms with E-state index in [2.05, 4.69) is 0 Å². The molecular weight excluding hydrogens is 320 g/mol. The van der Waals surface area contributed by atoms with Crippen molar-refractivity contribution in [2.45, 2.75) is 18.9 Å². The molecule has 2 heterocycles. The molecule has 1 N–H and O–H groups in total. The summed E-state index contributed by atoms with van der Waals surface area (Å²) in [6, 6.07) is 9.28. The Morgan fingerprint density at radius 1 is 1.28 bits per heavy atom.